The van der Waals surface area contributed by atoms with Crippen LogP contribution in [0.15, 0.2) is 35.1 Å². The van der Waals surface area contributed by atoms with E-state index >= 15 is 0 Å². The van der Waals surface area contributed by atoms with Crippen molar-refractivity contribution in [2.45, 2.75) is 0 Å². The minimum Gasteiger partial charge on any atom is -0.452 e. The van der Waals surface area contributed by atoms with Gasteiger partial charge in [0, 0.05) is 11.2 Å². The zero-order chi connectivity index (χ0) is 11.5. The minimum atomic E-state index is -0.395. The third-order valence-corrected chi connectivity index (χ3v) is 2.35. The second-order valence-corrected chi connectivity index (χ2v) is 3.70. The number of pyridine rings is 1. The molecular weight excluding hydrogens is 251 g/mol. The first-order valence-corrected chi connectivity index (χ1v) is 5.08. The Kier molecular flexibility index (Phi) is 3.12. The molecule has 0 unspecified atom stereocenters. The maximum absolute atomic E-state index is 11.7. The lowest BCUT2D eigenvalue weighted by Crippen LogP contribution is -2.12. The highest BCUT2D eigenvalue weighted by Gasteiger charge is 2.13. The van der Waals surface area contributed by atoms with Gasteiger partial charge in [0.1, 0.15) is 5.82 Å². The first-order valence-electron chi connectivity index (χ1n) is 4.33. The van der Waals surface area contributed by atoms with E-state index in [2.05, 4.69) is 10.3 Å². The summed E-state index contributed by atoms with van der Waals surface area (Å²) in [4.78, 5) is 15.6. The molecule has 0 aliphatic carbocycles. The third-order valence-electron chi connectivity index (χ3n) is 1.83. The fraction of sp³-hybridized carbons (Fsp3) is 0. The largest absolute Gasteiger partial charge is 0.452 e. The molecule has 0 atom stereocenters. The monoisotopic (exact) mass is 256 g/mol. The Bertz CT molecular complexity index is 525. The van der Waals surface area contributed by atoms with Gasteiger partial charge in [-0.1, -0.05) is 11.6 Å². The Morgan fingerprint density at radius 2 is 2.19 bits per heavy atom. The van der Waals surface area contributed by atoms with E-state index in [-0.39, 0.29) is 10.8 Å². The Labute approximate surface area is 101 Å². The van der Waals surface area contributed by atoms with Crippen LogP contribution in [0.4, 0.5) is 5.82 Å². The Morgan fingerprint density at radius 1 is 1.38 bits per heavy atom. The predicted molar refractivity (Wildman–Crippen MR) is 60.9 cm³/mol. The fourth-order valence-electron chi connectivity index (χ4n) is 1.11. The van der Waals surface area contributed by atoms with Gasteiger partial charge >= 0.3 is 0 Å². The molecule has 0 saturated heterocycles. The van der Waals surface area contributed by atoms with Crippen LogP contribution in [0.3, 0.4) is 0 Å². The maximum Gasteiger partial charge on any atom is 0.261 e. The summed E-state index contributed by atoms with van der Waals surface area (Å²) in [5, 5.41) is 3.08. The molecule has 82 valence electrons. The summed E-state index contributed by atoms with van der Waals surface area (Å²) in [6.07, 6.45) is 2.83. The lowest BCUT2D eigenvalue weighted by Gasteiger charge is -2.02. The molecule has 2 aromatic rings. The normalized spacial score (nSPS) is 10.1. The Balaban J connectivity index is 2.17. The number of aromatic nitrogens is 1. The molecule has 2 aromatic heterocycles. The average molecular weight is 257 g/mol. The topological polar surface area (TPSA) is 55.1 Å². The molecule has 1 amide bonds. The Morgan fingerprint density at radius 3 is 2.81 bits per heavy atom. The van der Waals surface area contributed by atoms with Gasteiger partial charge in [0.15, 0.2) is 0 Å². The standard InChI is InChI=1S/C10H6Cl2N2O2/c11-6-1-3-13-8(5-6)14-10(15)7-2-4-16-9(7)12/h1-5H,(H,13,14,15). The van der Waals surface area contributed by atoms with E-state index in [0.29, 0.717) is 10.8 Å². The third kappa shape index (κ3) is 2.35. The van der Waals surface area contributed by atoms with E-state index in [0.717, 1.165) is 0 Å². The molecule has 0 radical (unpaired) electrons. The van der Waals surface area contributed by atoms with Crippen molar-refractivity contribution in [3.63, 3.8) is 0 Å². The fourth-order valence-corrected chi connectivity index (χ4v) is 1.47. The molecule has 0 aliphatic heterocycles. The molecule has 16 heavy (non-hydrogen) atoms. The average Bonchev–Trinajstić information content (AvgIpc) is 2.64. The summed E-state index contributed by atoms with van der Waals surface area (Å²) in [7, 11) is 0. The van der Waals surface area contributed by atoms with Crippen LogP contribution in [0.25, 0.3) is 0 Å². The summed E-state index contributed by atoms with van der Waals surface area (Å²) in [6.45, 7) is 0. The van der Waals surface area contributed by atoms with E-state index in [1.54, 1.807) is 6.07 Å². The van der Waals surface area contributed by atoms with Crippen molar-refractivity contribution >= 4 is 34.9 Å². The van der Waals surface area contributed by atoms with E-state index in [1.807, 2.05) is 0 Å². The van der Waals surface area contributed by atoms with E-state index in [1.165, 1.54) is 24.6 Å². The molecule has 4 nitrogen and oxygen atoms in total. The van der Waals surface area contributed by atoms with Gasteiger partial charge < -0.3 is 9.73 Å². The van der Waals surface area contributed by atoms with Crippen LogP contribution in [0.5, 0.6) is 0 Å². The number of rotatable bonds is 2. The molecule has 0 aliphatic rings. The highest BCUT2D eigenvalue weighted by atomic mass is 35.5. The van der Waals surface area contributed by atoms with Gasteiger partial charge in [0.2, 0.25) is 5.22 Å². The van der Waals surface area contributed by atoms with Crippen molar-refractivity contribution in [1.82, 2.24) is 4.98 Å². The number of nitrogens with one attached hydrogen (secondary N) is 1. The number of carbonyl (C=O) groups is 1. The predicted octanol–water partition coefficient (Wildman–Crippen LogP) is 3.23. The number of furan rings is 1. The van der Waals surface area contributed by atoms with Crippen LogP contribution in [0.1, 0.15) is 10.4 Å². The molecule has 0 spiro atoms. The number of carbonyl (C=O) groups excluding carboxylic acids is 1. The second kappa shape index (κ2) is 4.55. The number of anilines is 1. The van der Waals surface area contributed by atoms with Crippen molar-refractivity contribution in [1.29, 1.82) is 0 Å². The summed E-state index contributed by atoms with van der Waals surface area (Å²) >= 11 is 11.4. The van der Waals surface area contributed by atoms with Crippen molar-refractivity contribution < 1.29 is 9.21 Å². The maximum atomic E-state index is 11.7. The van der Waals surface area contributed by atoms with Crippen molar-refractivity contribution in [3.05, 3.63) is 46.5 Å². The minimum absolute atomic E-state index is 0.0412. The van der Waals surface area contributed by atoms with Crippen molar-refractivity contribution in [2.24, 2.45) is 0 Å². The number of halogens is 2. The number of amides is 1. The molecule has 2 rings (SSSR count). The van der Waals surface area contributed by atoms with Gasteiger partial charge in [-0.15, -0.1) is 0 Å². The smallest absolute Gasteiger partial charge is 0.261 e. The summed E-state index contributed by atoms with van der Waals surface area (Å²) in [5.74, 6) is -0.0386. The molecule has 0 bridgehead atoms. The van der Waals surface area contributed by atoms with E-state index in [9.17, 15) is 4.79 Å². The van der Waals surface area contributed by atoms with Gasteiger partial charge in [-0.2, -0.15) is 0 Å². The Hall–Kier alpha value is -1.52. The van der Waals surface area contributed by atoms with Crippen LogP contribution in [0, 0.1) is 0 Å². The van der Waals surface area contributed by atoms with Gasteiger partial charge in [-0.25, -0.2) is 4.98 Å². The molecular formula is C10H6Cl2N2O2. The first-order chi connectivity index (χ1) is 7.66. The lowest BCUT2D eigenvalue weighted by molar-refractivity contribution is 0.102. The van der Waals surface area contributed by atoms with Crippen LogP contribution < -0.4 is 5.32 Å². The SMILES string of the molecule is O=C(Nc1cc(Cl)ccn1)c1ccoc1Cl. The highest BCUT2D eigenvalue weighted by Crippen LogP contribution is 2.18. The van der Waals surface area contributed by atoms with Crippen LogP contribution >= 0.6 is 23.2 Å². The van der Waals surface area contributed by atoms with Crippen molar-refractivity contribution in [3.8, 4) is 0 Å². The number of hydrogen-bond acceptors (Lipinski definition) is 3. The van der Waals surface area contributed by atoms with E-state index < -0.39 is 5.91 Å². The van der Waals surface area contributed by atoms with Crippen LogP contribution in [-0.4, -0.2) is 10.9 Å². The second-order valence-electron chi connectivity index (χ2n) is 2.92. The summed E-state index contributed by atoms with van der Waals surface area (Å²) in [5.41, 5.74) is 0.253. The zero-order valence-electron chi connectivity index (χ0n) is 7.91. The molecule has 0 aromatic carbocycles. The lowest BCUT2D eigenvalue weighted by atomic mass is 10.3. The number of hydrogen-bond donors (Lipinski definition) is 1. The quantitative estimate of drug-likeness (QED) is 0.898. The molecule has 0 saturated carbocycles. The van der Waals surface area contributed by atoms with Crippen molar-refractivity contribution in [2.75, 3.05) is 5.32 Å². The molecule has 0 fully saturated rings. The molecule has 2 heterocycles. The first kappa shape index (κ1) is 11.0. The van der Waals surface area contributed by atoms with Crippen LogP contribution in [0.2, 0.25) is 10.2 Å². The van der Waals surface area contributed by atoms with E-state index in [4.69, 9.17) is 27.6 Å². The highest BCUT2D eigenvalue weighted by molar-refractivity contribution is 6.33. The van der Waals surface area contributed by atoms with Gasteiger partial charge in [0.05, 0.1) is 11.8 Å². The van der Waals surface area contributed by atoms with Gasteiger partial charge in [-0.3, -0.25) is 4.79 Å². The van der Waals surface area contributed by atoms with Crippen LogP contribution in [-0.2, 0) is 0 Å². The number of nitrogens with zero attached hydrogens (tertiary/aromatic N) is 1. The van der Waals surface area contributed by atoms with Gasteiger partial charge in [0.25, 0.3) is 5.91 Å². The molecule has 1 N–H and O–H groups in total. The summed E-state index contributed by atoms with van der Waals surface area (Å²) in [6, 6.07) is 4.62. The van der Waals surface area contributed by atoms with Gasteiger partial charge in [-0.05, 0) is 29.8 Å². The summed E-state index contributed by atoms with van der Waals surface area (Å²) < 4.78 is 4.81. The zero-order valence-corrected chi connectivity index (χ0v) is 9.42. The molecule has 6 heteroatoms.